The molecule has 102 valence electrons. The molecule has 0 saturated carbocycles. The Morgan fingerprint density at radius 1 is 1.37 bits per heavy atom. The zero-order valence-electron chi connectivity index (χ0n) is 10.2. The first kappa shape index (κ1) is 15.1. The van der Waals surface area contributed by atoms with Crippen LogP contribution in [0.15, 0.2) is 30.3 Å². The molecule has 1 unspecified atom stereocenters. The minimum Gasteiger partial charge on any atom is -0.395 e. The van der Waals surface area contributed by atoms with E-state index in [9.17, 15) is 13.6 Å². The number of aliphatic hydroxyl groups is 1. The van der Waals surface area contributed by atoms with Crippen LogP contribution < -0.4 is 0 Å². The highest BCUT2D eigenvalue weighted by Crippen LogP contribution is 2.18. The summed E-state index contributed by atoms with van der Waals surface area (Å²) < 4.78 is 24.8. The Morgan fingerprint density at radius 2 is 2.00 bits per heavy atom. The van der Waals surface area contributed by atoms with E-state index in [2.05, 4.69) is 0 Å². The van der Waals surface area contributed by atoms with Crippen LogP contribution in [-0.4, -0.2) is 42.0 Å². The Balaban J connectivity index is 2.90. The monoisotopic (exact) mass is 268 g/mol. The molecular formula is C13H14F2N2O2. The Bertz CT molecular complexity index is 446. The number of hydrogen-bond acceptors (Lipinski definition) is 3. The van der Waals surface area contributed by atoms with Gasteiger partial charge in [-0.15, -0.1) is 0 Å². The maximum absolute atomic E-state index is 12.4. The summed E-state index contributed by atoms with van der Waals surface area (Å²) >= 11 is 0. The molecule has 1 atom stereocenters. The van der Waals surface area contributed by atoms with Crippen molar-refractivity contribution in [3.05, 3.63) is 35.9 Å². The molecule has 0 spiro atoms. The third-order valence-corrected chi connectivity index (χ3v) is 2.55. The summed E-state index contributed by atoms with van der Waals surface area (Å²) in [7, 11) is 0. The second kappa shape index (κ2) is 7.44. The van der Waals surface area contributed by atoms with Crippen molar-refractivity contribution < 1.29 is 18.7 Å². The number of alkyl halides is 2. The van der Waals surface area contributed by atoms with Gasteiger partial charge in [0.05, 0.1) is 19.2 Å². The van der Waals surface area contributed by atoms with Crippen molar-refractivity contribution in [2.45, 2.75) is 12.3 Å². The molecule has 0 fully saturated rings. The van der Waals surface area contributed by atoms with Gasteiger partial charge in [0.25, 0.3) is 6.43 Å². The molecule has 4 nitrogen and oxygen atoms in total. The van der Waals surface area contributed by atoms with Crippen LogP contribution in [0.4, 0.5) is 8.78 Å². The summed E-state index contributed by atoms with van der Waals surface area (Å²) in [5.74, 6) is -1.85. The van der Waals surface area contributed by atoms with Gasteiger partial charge in [-0.1, -0.05) is 30.3 Å². The number of nitrogens with zero attached hydrogens (tertiary/aromatic N) is 2. The number of aliphatic hydroxyl groups excluding tert-OH is 1. The second-order valence-corrected chi connectivity index (χ2v) is 3.87. The van der Waals surface area contributed by atoms with Crippen LogP contribution in [0.5, 0.6) is 0 Å². The summed E-state index contributed by atoms with van der Waals surface area (Å²) in [5.41, 5.74) is 0.451. The summed E-state index contributed by atoms with van der Waals surface area (Å²) in [6.07, 6.45) is -2.70. The lowest BCUT2D eigenvalue weighted by Crippen LogP contribution is -2.40. The van der Waals surface area contributed by atoms with Gasteiger partial charge in [-0.05, 0) is 5.56 Å². The molecule has 0 bridgehead atoms. The highest BCUT2D eigenvalue weighted by Gasteiger charge is 2.27. The molecule has 1 amide bonds. The fourth-order valence-corrected chi connectivity index (χ4v) is 1.68. The average molecular weight is 268 g/mol. The van der Waals surface area contributed by atoms with Crippen LogP contribution in [0.1, 0.15) is 11.5 Å². The predicted octanol–water partition coefficient (Wildman–Crippen LogP) is 1.38. The number of carbonyl (C=O) groups is 1. The summed E-state index contributed by atoms with van der Waals surface area (Å²) in [6, 6.07) is 10.0. The van der Waals surface area contributed by atoms with E-state index in [-0.39, 0.29) is 6.54 Å². The lowest BCUT2D eigenvalue weighted by atomic mass is 9.99. The topological polar surface area (TPSA) is 64.3 Å². The molecule has 0 aromatic heterocycles. The van der Waals surface area contributed by atoms with Gasteiger partial charge in [0.2, 0.25) is 5.91 Å². The summed E-state index contributed by atoms with van der Waals surface area (Å²) in [6.45, 7) is -1.43. The zero-order valence-corrected chi connectivity index (χ0v) is 10.2. The Kier molecular flexibility index (Phi) is 5.90. The Hall–Kier alpha value is -2.00. The van der Waals surface area contributed by atoms with E-state index < -0.39 is 31.4 Å². The second-order valence-electron chi connectivity index (χ2n) is 3.87. The predicted molar refractivity (Wildman–Crippen MR) is 64.5 cm³/mol. The minimum absolute atomic E-state index is 0.214. The normalized spacial score (nSPS) is 11.9. The third-order valence-electron chi connectivity index (χ3n) is 2.55. The lowest BCUT2D eigenvalue weighted by molar-refractivity contribution is -0.134. The number of benzene rings is 1. The summed E-state index contributed by atoms with van der Waals surface area (Å²) in [4.78, 5) is 12.9. The van der Waals surface area contributed by atoms with Crippen molar-refractivity contribution in [3.8, 4) is 6.07 Å². The SMILES string of the molecule is N#CC(C(=O)N(CCO)CC(F)F)c1ccccc1. The average Bonchev–Trinajstić information content (AvgIpc) is 2.39. The van der Waals surface area contributed by atoms with Crippen LogP contribution in [0.2, 0.25) is 0 Å². The standard InChI is InChI=1S/C13H14F2N2O2/c14-12(15)9-17(6-7-18)13(19)11(8-16)10-4-2-1-3-5-10/h1-5,11-12,18H,6-7,9H2. The molecule has 0 aliphatic carbocycles. The van der Waals surface area contributed by atoms with Crippen LogP contribution in [0.3, 0.4) is 0 Å². The minimum atomic E-state index is -2.70. The van der Waals surface area contributed by atoms with E-state index in [1.807, 2.05) is 6.07 Å². The van der Waals surface area contributed by atoms with Gasteiger partial charge in [0.15, 0.2) is 0 Å². The third kappa shape index (κ3) is 4.30. The fourth-order valence-electron chi connectivity index (χ4n) is 1.68. The Labute approximate surface area is 109 Å². The van der Waals surface area contributed by atoms with E-state index in [0.29, 0.717) is 5.56 Å². The van der Waals surface area contributed by atoms with E-state index in [1.54, 1.807) is 30.3 Å². The molecule has 1 aromatic rings. The van der Waals surface area contributed by atoms with Crippen LogP contribution in [0, 0.1) is 11.3 Å². The first-order valence-corrected chi connectivity index (χ1v) is 5.72. The van der Waals surface area contributed by atoms with Crippen molar-refractivity contribution in [1.29, 1.82) is 5.26 Å². The van der Waals surface area contributed by atoms with Crippen LogP contribution in [0.25, 0.3) is 0 Å². The van der Waals surface area contributed by atoms with Gasteiger partial charge in [0.1, 0.15) is 5.92 Å². The smallest absolute Gasteiger partial charge is 0.255 e. The summed E-state index contributed by atoms with van der Waals surface area (Å²) in [5, 5.41) is 17.9. The number of amides is 1. The maximum Gasteiger partial charge on any atom is 0.255 e. The number of hydrogen-bond donors (Lipinski definition) is 1. The molecule has 0 aliphatic heterocycles. The largest absolute Gasteiger partial charge is 0.395 e. The van der Waals surface area contributed by atoms with E-state index in [0.717, 1.165) is 4.90 Å². The Morgan fingerprint density at radius 3 is 2.47 bits per heavy atom. The van der Waals surface area contributed by atoms with Gasteiger partial charge < -0.3 is 10.0 Å². The highest BCUT2D eigenvalue weighted by molar-refractivity contribution is 5.86. The van der Waals surface area contributed by atoms with E-state index in [4.69, 9.17) is 10.4 Å². The van der Waals surface area contributed by atoms with Crippen molar-refractivity contribution in [1.82, 2.24) is 4.90 Å². The lowest BCUT2D eigenvalue weighted by Gasteiger charge is -2.23. The fraction of sp³-hybridized carbons (Fsp3) is 0.385. The number of rotatable bonds is 6. The number of nitriles is 1. The van der Waals surface area contributed by atoms with Crippen molar-refractivity contribution in [2.24, 2.45) is 0 Å². The van der Waals surface area contributed by atoms with Crippen molar-refractivity contribution in [3.63, 3.8) is 0 Å². The molecular weight excluding hydrogens is 254 g/mol. The molecule has 1 aromatic carbocycles. The molecule has 0 heterocycles. The van der Waals surface area contributed by atoms with Crippen LogP contribution in [-0.2, 0) is 4.79 Å². The van der Waals surface area contributed by atoms with Gasteiger partial charge in [-0.25, -0.2) is 8.78 Å². The highest BCUT2D eigenvalue weighted by atomic mass is 19.3. The molecule has 6 heteroatoms. The van der Waals surface area contributed by atoms with Crippen LogP contribution >= 0.6 is 0 Å². The van der Waals surface area contributed by atoms with Crippen molar-refractivity contribution in [2.75, 3.05) is 19.7 Å². The molecule has 0 saturated heterocycles. The first-order chi connectivity index (χ1) is 9.10. The molecule has 0 aliphatic rings. The van der Waals surface area contributed by atoms with Gasteiger partial charge in [-0.2, -0.15) is 5.26 Å². The van der Waals surface area contributed by atoms with Gasteiger partial charge in [-0.3, -0.25) is 4.79 Å². The first-order valence-electron chi connectivity index (χ1n) is 5.72. The van der Waals surface area contributed by atoms with E-state index in [1.165, 1.54) is 0 Å². The molecule has 0 radical (unpaired) electrons. The maximum atomic E-state index is 12.4. The molecule has 1 N–H and O–H groups in total. The molecule has 19 heavy (non-hydrogen) atoms. The zero-order chi connectivity index (χ0) is 14.3. The quantitative estimate of drug-likeness (QED) is 0.847. The molecule has 1 rings (SSSR count). The number of halogens is 2. The van der Waals surface area contributed by atoms with Gasteiger partial charge >= 0.3 is 0 Å². The number of carbonyl (C=O) groups excluding carboxylic acids is 1. The van der Waals surface area contributed by atoms with E-state index >= 15 is 0 Å². The van der Waals surface area contributed by atoms with Gasteiger partial charge in [0, 0.05) is 6.54 Å². The van der Waals surface area contributed by atoms with Crippen molar-refractivity contribution >= 4 is 5.91 Å².